The van der Waals surface area contributed by atoms with Crippen molar-refractivity contribution in [1.29, 1.82) is 0 Å². The van der Waals surface area contributed by atoms with Crippen molar-refractivity contribution in [3.05, 3.63) is 29.1 Å². The van der Waals surface area contributed by atoms with Gasteiger partial charge in [-0.3, -0.25) is 9.59 Å². The lowest BCUT2D eigenvalue weighted by molar-refractivity contribution is 0.0519. The van der Waals surface area contributed by atoms with Crippen LogP contribution in [0.1, 0.15) is 51.1 Å². The van der Waals surface area contributed by atoms with Crippen LogP contribution in [0.25, 0.3) is 0 Å². The van der Waals surface area contributed by atoms with Crippen LogP contribution in [0.3, 0.4) is 0 Å². The number of hydrogen-bond acceptors (Lipinski definition) is 5. The number of amides is 2. The quantitative estimate of drug-likeness (QED) is 0.770. The van der Waals surface area contributed by atoms with E-state index in [1.54, 1.807) is 6.92 Å². The van der Waals surface area contributed by atoms with Crippen molar-refractivity contribution in [1.82, 2.24) is 15.6 Å². The van der Waals surface area contributed by atoms with Crippen molar-refractivity contribution in [3.63, 3.8) is 0 Å². The summed E-state index contributed by atoms with van der Waals surface area (Å²) in [5.74, 6) is -1.46. The van der Waals surface area contributed by atoms with Crippen LogP contribution in [-0.4, -0.2) is 42.5 Å². The van der Waals surface area contributed by atoms with Gasteiger partial charge in [-0.1, -0.05) is 0 Å². The second kappa shape index (κ2) is 6.34. The van der Waals surface area contributed by atoms with Gasteiger partial charge in [0, 0.05) is 18.7 Å². The Bertz CT molecular complexity index is 582. The summed E-state index contributed by atoms with van der Waals surface area (Å²) in [5.41, 5.74) is 0.168. The van der Waals surface area contributed by atoms with Crippen LogP contribution in [0.2, 0.25) is 0 Å². The number of nitrogens with one attached hydrogen (secondary N) is 2. The maximum absolute atomic E-state index is 12.1. The lowest BCUT2D eigenvalue weighted by Gasteiger charge is -2.08. The van der Waals surface area contributed by atoms with Crippen LogP contribution in [0.15, 0.2) is 12.1 Å². The summed E-state index contributed by atoms with van der Waals surface area (Å²) in [6.07, 6.45) is 1.90. The molecule has 1 saturated carbocycles. The highest BCUT2D eigenvalue weighted by Gasteiger charge is 2.25. The van der Waals surface area contributed by atoms with Gasteiger partial charge in [0.05, 0.1) is 6.61 Å². The molecule has 1 aromatic rings. The number of esters is 1. The first-order chi connectivity index (χ1) is 10.0. The average Bonchev–Trinajstić information content (AvgIpc) is 3.30. The highest BCUT2D eigenvalue weighted by atomic mass is 16.5. The molecule has 0 aliphatic heterocycles. The molecule has 1 aromatic heterocycles. The van der Waals surface area contributed by atoms with Crippen molar-refractivity contribution in [2.24, 2.45) is 0 Å². The van der Waals surface area contributed by atoms with Crippen LogP contribution < -0.4 is 10.6 Å². The minimum atomic E-state index is -0.663. The number of ether oxygens (including phenoxy) is 1. The Morgan fingerprint density at radius 1 is 1.24 bits per heavy atom. The molecule has 0 spiro atoms. The summed E-state index contributed by atoms with van der Waals surface area (Å²) >= 11 is 0. The fourth-order valence-corrected chi connectivity index (χ4v) is 1.71. The van der Waals surface area contributed by atoms with Gasteiger partial charge in [0.2, 0.25) is 0 Å². The third-order valence-corrected chi connectivity index (χ3v) is 2.94. The number of aromatic nitrogens is 1. The monoisotopic (exact) mass is 291 g/mol. The molecular formula is C14H17N3O4. The van der Waals surface area contributed by atoms with E-state index < -0.39 is 11.9 Å². The zero-order valence-electron chi connectivity index (χ0n) is 11.9. The fraction of sp³-hybridized carbons (Fsp3) is 0.429. The predicted molar refractivity (Wildman–Crippen MR) is 74.1 cm³/mol. The van der Waals surface area contributed by atoms with Crippen molar-refractivity contribution < 1.29 is 19.1 Å². The molecule has 7 heteroatoms. The first kappa shape index (κ1) is 15.0. The van der Waals surface area contributed by atoms with Gasteiger partial charge in [-0.05, 0) is 31.9 Å². The van der Waals surface area contributed by atoms with E-state index in [2.05, 4.69) is 15.6 Å². The maximum Gasteiger partial charge on any atom is 0.356 e. The molecule has 0 aromatic carbocycles. The second-order valence-corrected chi connectivity index (χ2v) is 4.67. The van der Waals surface area contributed by atoms with E-state index in [-0.39, 0.29) is 35.5 Å². The second-order valence-electron chi connectivity index (χ2n) is 4.67. The van der Waals surface area contributed by atoms with Crippen LogP contribution >= 0.6 is 0 Å². The molecule has 1 heterocycles. The van der Waals surface area contributed by atoms with Crippen LogP contribution in [0.4, 0.5) is 0 Å². The van der Waals surface area contributed by atoms with Crippen molar-refractivity contribution in [2.75, 3.05) is 13.7 Å². The minimum absolute atomic E-state index is 0.00370. The summed E-state index contributed by atoms with van der Waals surface area (Å²) in [6, 6.07) is 2.88. The third-order valence-electron chi connectivity index (χ3n) is 2.94. The van der Waals surface area contributed by atoms with E-state index in [4.69, 9.17) is 4.74 Å². The summed E-state index contributed by atoms with van der Waals surface area (Å²) in [4.78, 5) is 39.5. The first-order valence-electron chi connectivity index (χ1n) is 6.77. The normalized spacial score (nSPS) is 13.4. The van der Waals surface area contributed by atoms with Gasteiger partial charge >= 0.3 is 5.97 Å². The van der Waals surface area contributed by atoms with E-state index in [0.717, 1.165) is 12.8 Å². The van der Waals surface area contributed by atoms with Gasteiger partial charge in [0.25, 0.3) is 11.8 Å². The Labute approximate surface area is 122 Å². The molecule has 2 N–H and O–H groups in total. The number of hydrogen-bond donors (Lipinski definition) is 2. The van der Waals surface area contributed by atoms with Gasteiger partial charge in [0.15, 0.2) is 0 Å². The lowest BCUT2D eigenvalue weighted by atomic mass is 10.1. The van der Waals surface area contributed by atoms with Crippen LogP contribution in [0.5, 0.6) is 0 Å². The average molecular weight is 291 g/mol. The smallest absolute Gasteiger partial charge is 0.356 e. The van der Waals surface area contributed by atoms with Crippen molar-refractivity contribution in [3.8, 4) is 0 Å². The molecule has 0 radical (unpaired) electrons. The fourth-order valence-electron chi connectivity index (χ4n) is 1.71. The van der Waals surface area contributed by atoms with E-state index >= 15 is 0 Å². The topological polar surface area (TPSA) is 97.4 Å². The molecule has 2 amide bonds. The number of carbonyl (C=O) groups is 3. The summed E-state index contributed by atoms with van der Waals surface area (Å²) in [6.45, 7) is 1.86. The third kappa shape index (κ3) is 3.77. The molecule has 2 rings (SSSR count). The molecule has 0 unspecified atom stereocenters. The van der Waals surface area contributed by atoms with Crippen LogP contribution in [0, 0.1) is 0 Å². The van der Waals surface area contributed by atoms with Crippen molar-refractivity contribution >= 4 is 17.8 Å². The van der Waals surface area contributed by atoms with E-state index in [1.807, 2.05) is 0 Å². The Morgan fingerprint density at radius 3 is 2.48 bits per heavy atom. The summed E-state index contributed by atoms with van der Waals surface area (Å²) in [5, 5.41) is 5.22. The van der Waals surface area contributed by atoms with Gasteiger partial charge in [-0.25, -0.2) is 9.78 Å². The molecular weight excluding hydrogens is 274 g/mol. The Morgan fingerprint density at radius 2 is 1.90 bits per heavy atom. The number of rotatable bonds is 5. The molecule has 0 saturated heterocycles. The van der Waals surface area contributed by atoms with Gasteiger partial charge < -0.3 is 15.4 Å². The molecule has 21 heavy (non-hydrogen) atoms. The Balaban J connectivity index is 2.33. The SMILES string of the molecule is CCOC(=O)c1cc(C(=O)NC2CC2)cc(C(=O)NC)n1. The van der Waals surface area contributed by atoms with Crippen LogP contribution in [-0.2, 0) is 4.74 Å². The molecule has 1 fully saturated rings. The number of nitrogens with zero attached hydrogens (tertiary/aromatic N) is 1. The molecule has 7 nitrogen and oxygen atoms in total. The van der Waals surface area contributed by atoms with Crippen molar-refractivity contribution in [2.45, 2.75) is 25.8 Å². The zero-order chi connectivity index (χ0) is 15.4. The van der Waals surface area contributed by atoms with E-state index in [1.165, 1.54) is 19.2 Å². The molecule has 0 atom stereocenters. The standard InChI is InChI=1S/C14H17N3O4/c1-3-21-14(20)11-7-8(12(18)16-9-4-5-9)6-10(17-11)13(19)15-2/h6-7,9H,3-5H2,1-2H3,(H,15,19)(H,16,18). The summed E-state index contributed by atoms with van der Waals surface area (Å²) < 4.78 is 4.86. The van der Waals surface area contributed by atoms with E-state index in [9.17, 15) is 14.4 Å². The Kier molecular flexibility index (Phi) is 4.52. The summed E-state index contributed by atoms with van der Waals surface area (Å²) in [7, 11) is 1.45. The predicted octanol–water partition coefficient (Wildman–Crippen LogP) is 0.510. The van der Waals surface area contributed by atoms with Gasteiger partial charge in [-0.15, -0.1) is 0 Å². The minimum Gasteiger partial charge on any atom is -0.461 e. The lowest BCUT2D eigenvalue weighted by Crippen LogP contribution is -2.27. The number of pyridine rings is 1. The van der Waals surface area contributed by atoms with E-state index in [0.29, 0.717) is 0 Å². The Hall–Kier alpha value is -2.44. The highest BCUT2D eigenvalue weighted by molar-refractivity contribution is 6.01. The van der Waals surface area contributed by atoms with Gasteiger partial charge in [0.1, 0.15) is 11.4 Å². The highest BCUT2D eigenvalue weighted by Crippen LogP contribution is 2.19. The molecule has 0 bridgehead atoms. The molecule has 1 aliphatic carbocycles. The van der Waals surface area contributed by atoms with Gasteiger partial charge in [-0.2, -0.15) is 0 Å². The largest absolute Gasteiger partial charge is 0.461 e. The molecule has 1 aliphatic rings. The molecule has 112 valence electrons. The first-order valence-corrected chi connectivity index (χ1v) is 6.77. The maximum atomic E-state index is 12.1. The zero-order valence-corrected chi connectivity index (χ0v) is 11.9. The number of carbonyl (C=O) groups excluding carboxylic acids is 3.